The van der Waals surface area contributed by atoms with Gasteiger partial charge in [0.25, 0.3) is 0 Å². The fourth-order valence-electron chi connectivity index (χ4n) is 2.78. The van der Waals surface area contributed by atoms with E-state index < -0.39 is 0 Å². The highest BCUT2D eigenvalue weighted by Gasteiger charge is 2.21. The van der Waals surface area contributed by atoms with Crippen molar-refractivity contribution in [1.82, 2.24) is 20.3 Å². The highest BCUT2D eigenvalue weighted by Crippen LogP contribution is 2.34. The Hall–Kier alpha value is -2.36. The van der Waals surface area contributed by atoms with Gasteiger partial charge < -0.3 is 20.1 Å². The van der Waals surface area contributed by atoms with Crippen LogP contribution in [0.1, 0.15) is 0 Å². The van der Waals surface area contributed by atoms with Crippen LogP contribution in [0.5, 0.6) is 11.5 Å². The summed E-state index contributed by atoms with van der Waals surface area (Å²) < 4.78 is 10.7. The molecule has 25 heavy (non-hydrogen) atoms. The first-order chi connectivity index (χ1) is 12.2. The Morgan fingerprint density at radius 3 is 2.40 bits per heavy atom. The second-order valence-corrected chi connectivity index (χ2v) is 5.68. The van der Waals surface area contributed by atoms with Gasteiger partial charge in [0, 0.05) is 37.6 Å². The van der Waals surface area contributed by atoms with Gasteiger partial charge in [0.2, 0.25) is 5.95 Å². The zero-order valence-electron chi connectivity index (χ0n) is 14.8. The van der Waals surface area contributed by atoms with Gasteiger partial charge in [-0.3, -0.25) is 10.2 Å². The standard InChI is InChI=1S/C16H24N6O3/c1-18-10-25-22-6-4-21(5-7-22)16-19-12-9-14(24-3)13(23-2)8-11(12)15(17)20-16/h8-9,18H,4-7,10H2,1-3H3,(H2,17,19,20). The van der Waals surface area contributed by atoms with Gasteiger partial charge in [-0.1, -0.05) is 0 Å². The number of nitrogen functional groups attached to an aromatic ring is 1. The van der Waals surface area contributed by atoms with E-state index in [1.807, 2.05) is 18.2 Å². The second-order valence-electron chi connectivity index (χ2n) is 5.68. The molecule has 0 unspecified atom stereocenters. The van der Waals surface area contributed by atoms with Crippen LogP contribution in [0.2, 0.25) is 0 Å². The number of nitrogens with two attached hydrogens (primary N) is 1. The van der Waals surface area contributed by atoms with Crippen molar-refractivity contribution >= 4 is 22.7 Å². The highest BCUT2D eigenvalue weighted by molar-refractivity contribution is 5.91. The third-order valence-electron chi connectivity index (χ3n) is 4.13. The van der Waals surface area contributed by atoms with Gasteiger partial charge >= 0.3 is 0 Å². The van der Waals surface area contributed by atoms with Crippen molar-refractivity contribution in [3.8, 4) is 11.5 Å². The summed E-state index contributed by atoms with van der Waals surface area (Å²) in [6, 6.07) is 3.62. The van der Waals surface area contributed by atoms with E-state index >= 15 is 0 Å². The number of ether oxygens (including phenoxy) is 2. The van der Waals surface area contributed by atoms with Gasteiger partial charge in [-0.25, -0.2) is 4.98 Å². The van der Waals surface area contributed by atoms with Crippen molar-refractivity contribution in [2.45, 2.75) is 0 Å². The van der Waals surface area contributed by atoms with E-state index in [0.717, 1.165) is 37.1 Å². The van der Waals surface area contributed by atoms with Gasteiger partial charge in [0.05, 0.1) is 19.7 Å². The number of hydrogen-bond donors (Lipinski definition) is 2. The summed E-state index contributed by atoms with van der Waals surface area (Å²) in [4.78, 5) is 16.8. The summed E-state index contributed by atoms with van der Waals surface area (Å²) in [6.07, 6.45) is 0. The molecule has 3 N–H and O–H groups in total. The normalized spacial score (nSPS) is 15.6. The molecule has 0 atom stereocenters. The molecule has 2 heterocycles. The maximum absolute atomic E-state index is 6.15. The van der Waals surface area contributed by atoms with E-state index in [0.29, 0.717) is 30.0 Å². The molecule has 1 fully saturated rings. The number of hydrogen-bond acceptors (Lipinski definition) is 9. The lowest BCUT2D eigenvalue weighted by Crippen LogP contribution is -2.47. The van der Waals surface area contributed by atoms with Crippen LogP contribution in [-0.4, -0.2) is 69.2 Å². The molecule has 0 amide bonds. The first kappa shape index (κ1) is 17.5. The molecular weight excluding hydrogens is 324 g/mol. The number of fused-ring (bicyclic) bond motifs is 1. The van der Waals surface area contributed by atoms with Crippen molar-refractivity contribution < 1.29 is 14.3 Å². The first-order valence-corrected chi connectivity index (χ1v) is 8.13. The minimum atomic E-state index is 0.426. The number of benzene rings is 1. The second kappa shape index (κ2) is 7.68. The Morgan fingerprint density at radius 2 is 1.76 bits per heavy atom. The summed E-state index contributed by atoms with van der Waals surface area (Å²) in [5, 5.41) is 5.65. The van der Waals surface area contributed by atoms with Crippen molar-refractivity contribution in [2.24, 2.45) is 0 Å². The lowest BCUT2D eigenvalue weighted by atomic mass is 10.2. The number of aromatic nitrogens is 2. The van der Waals surface area contributed by atoms with Crippen LogP contribution in [0.25, 0.3) is 10.9 Å². The molecule has 0 radical (unpaired) electrons. The Labute approximate surface area is 146 Å². The number of nitrogens with one attached hydrogen (secondary N) is 1. The van der Waals surface area contributed by atoms with Gasteiger partial charge in [0.15, 0.2) is 11.5 Å². The molecule has 2 aromatic rings. The molecule has 0 aliphatic carbocycles. The van der Waals surface area contributed by atoms with Crippen LogP contribution in [0.3, 0.4) is 0 Å². The van der Waals surface area contributed by atoms with Gasteiger partial charge in [0.1, 0.15) is 12.5 Å². The minimum Gasteiger partial charge on any atom is -0.493 e. The van der Waals surface area contributed by atoms with Crippen LogP contribution in [-0.2, 0) is 4.84 Å². The molecule has 0 spiro atoms. The third-order valence-corrected chi connectivity index (χ3v) is 4.13. The van der Waals surface area contributed by atoms with Crippen molar-refractivity contribution in [3.05, 3.63) is 12.1 Å². The van der Waals surface area contributed by atoms with Crippen LogP contribution in [0.4, 0.5) is 11.8 Å². The van der Waals surface area contributed by atoms with Crippen LogP contribution in [0.15, 0.2) is 12.1 Å². The third kappa shape index (κ3) is 3.68. The molecule has 0 saturated carbocycles. The number of rotatable bonds is 6. The summed E-state index contributed by atoms with van der Waals surface area (Å²) in [5.41, 5.74) is 6.88. The van der Waals surface area contributed by atoms with E-state index in [4.69, 9.17) is 20.0 Å². The molecule has 1 aliphatic rings. The number of methoxy groups -OCH3 is 2. The fraction of sp³-hybridized carbons (Fsp3) is 0.500. The molecule has 1 aromatic heterocycles. The monoisotopic (exact) mass is 348 g/mol. The Bertz CT molecular complexity index is 733. The average molecular weight is 348 g/mol. The number of piperazine rings is 1. The largest absolute Gasteiger partial charge is 0.493 e. The highest BCUT2D eigenvalue weighted by atomic mass is 16.7. The molecule has 136 valence electrons. The zero-order valence-corrected chi connectivity index (χ0v) is 14.8. The summed E-state index contributed by atoms with van der Waals surface area (Å²) in [5.74, 6) is 2.26. The van der Waals surface area contributed by atoms with E-state index in [-0.39, 0.29) is 0 Å². The van der Waals surface area contributed by atoms with Crippen LogP contribution in [0, 0.1) is 0 Å². The maximum Gasteiger partial charge on any atom is 0.227 e. The lowest BCUT2D eigenvalue weighted by Gasteiger charge is -2.33. The number of hydroxylamine groups is 2. The molecular formula is C16H24N6O3. The molecule has 1 saturated heterocycles. The van der Waals surface area contributed by atoms with E-state index in [9.17, 15) is 0 Å². The number of nitrogens with zero attached hydrogens (tertiary/aromatic N) is 4. The summed E-state index contributed by atoms with van der Waals surface area (Å²) >= 11 is 0. The van der Waals surface area contributed by atoms with Crippen molar-refractivity contribution in [2.75, 3.05) is 64.8 Å². The molecule has 1 aromatic carbocycles. The topological polar surface area (TPSA) is 98.0 Å². The van der Waals surface area contributed by atoms with Crippen molar-refractivity contribution in [3.63, 3.8) is 0 Å². The fourth-order valence-corrected chi connectivity index (χ4v) is 2.78. The Morgan fingerprint density at radius 1 is 1.08 bits per heavy atom. The Balaban J connectivity index is 1.83. The molecule has 9 nitrogen and oxygen atoms in total. The Kier molecular flexibility index (Phi) is 5.37. The SMILES string of the molecule is CNCON1CCN(c2nc(N)c3cc(OC)c(OC)cc3n2)CC1. The van der Waals surface area contributed by atoms with E-state index in [1.165, 1.54) is 0 Å². The van der Waals surface area contributed by atoms with E-state index in [2.05, 4.69) is 20.2 Å². The molecule has 9 heteroatoms. The zero-order chi connectivity index (χ0) is 17.8. The first-order valence-electron chi connectivity index (χ1n) is 8.13. The van der Waals surface area contributed by atoms with Gasteiger partial charge in [-0.15, -0.1) is 0 Å². The average Bonchev–Trinajstić information content (AvgIpc) is 2.65. The van der Waals surface area contributed by atoms with Crippen LogP contribution >= 0.6 is 0 Å². The molecule has 0 bridgehead atoms. The van der Waals surface area contributed by atoms with Gasteiger partial charge in [-0.05, 0) is 13.1 Å². The predicted octanol–water partition coefficient (Wildman–Crippen LogP) is 0.460. The predicted molar refractivity (Wildman–Crippen MR) is 95.9 cm³/mol. The maximum atomic E-state index is 6.15. The smallest absolute Gasteiger partial charge is 0.227 e. The summed E-state index contributed by atoms with van der Waals surface area (Å²) in [6.45, 7) is 3.58. The molecule has 3 rings (SSSR count). The van der Waals surface area contributed by atoms with Crippen LogP contribution < -0.4 is 25.4 Å². The van der Waals surface area contributed by atoms with Crippen molar-refractivity contribution in [1.29, 1.82) is 0 Å². The quantitative estimate of drug-likeness (QED) is 0.721. The summed E-state index contributed by atoms with van der Waals surface area (Å²) in [7, 11) is 5.04. The minimum absolute atomic E-state index is 0.426. The lowest BCUT2D eigenvalue weighted by molar-refractivity contribution is -0.166. The molecule has 1 aliphatic heterocycles. The van der Waals surface area contributed by atoms with Gasteiger partial charge in [-0.2, -0.15) is 10.0 Å². The number of anilines is 2. The van der Waals surface area contributed by atoms with E-state index in [1.54, 1.807) is 20.3 Å².